The van der Waals surface area contributed by atoms with Crippen LogP contribution >= 0.6 is 0 Å². The van der Waals surface area contributed by atoms with Crippen molar-refractivity contribution in [2.75, 3.05) is 13.7 Å². The maximum Gasteiger partial charge on any atom is 0.412 e. The summed E-state index contributed by atoms with van der Waals surface area (Å²) in [4.78, 5) is 13.6. The van der Waals surface area contributed by atoms with Gasteiger partial charge in [0.15, 0.2) is 0 Å². The Morgan fingerprint density at radius 3 is 2.53 bits per heavy atom. The average molecular weight is 241 g/mol. The number of piperidine rings is 1. The Morgan fingerprint density at radius 2 is 2.06 bits per heavy atom. The van der Waals surface area contributed by atoms with Crippen molar-refractivity contribution < 1.29 is 14.3 Å². The quantitative estimate of drug-likeness (QED) is 0.663. The van der Waals surface area contributed by atoms with Gasteiger partial charge in [0.25, 0.3) is 0 Å². The van der Waals surface area contributed by atoms with Gasteiger partial charge in [-0.25, -0.2) is 4.79 Å². The molecule has 0 spiro atoms. The number of hydrogen-bond acceptors (Lipinski definition) is 3. The fourth-order valence-corrected chi connectivity index (χ4v) is 1.80. The molecule has 4 heteroatoms. The Labute approximate surface area is 104 Å². The van der Waals surface area contributed by atoms with E-state index in [0.29, 0.717) is 12.5 Å². The molecule has 1 fully saturated rings. The van der Waals surface area contributed by atoms with Crippen LogP contribution in [0.1, 0.15) is 34.1 Å². The smallest absolute Gasteiger partial charge is 0.412 e. The molecular weight excluding hydrogens is 218 g/mol. The van der Waals surface area contributed by atoms with Crippen molar-refractivity contribution in [2.24, 2.45) is 5.92 Å². The largest absolute Gasteiger partial charge is 0.444 e. The highest BCUT2D eigenvalue weighted by Gasteiger charge is 2.34. The minimum atomic E-state index is -0.486. The summed E-state index contributed by atoms with van der Waals surface area (Å²) in [6.45, 7) is 12.2. The molecule has 1 heterocycles. The summed E-state index contributed by atoms with van der Waals surface area (Å²) in [5, 5.41) is 0. The molecule has 0 aromatic carbocycles. The number of ether oxygens (including phenoxy) is 2. The molecule has 0 aliphatic carbocycles. The molecular formula is C13H23NO3. The first-order valence-corrected chi connectivity index (χ1v) is 5.94. The minimum absolute atomic E-state index is 0.217. The van der Waals surface area contributed by atoms with Gasteiger partial charge in [-0.3, -0.25) is 4.90 Å². The first kappa shape index (κ1) is 14.0. The van der Waals surface area contributed by atoms with E-state index in [-0.39, 0.29) is 12.3 Å². The number of hydrogen-bond donors (Lipinski definition) is 0. The van der Waals surface area contributed by atoms with E-state index < -0.39 is 5.60 Å². The molecule has 0 aromatic rings. The highest BCUT2D eigenvalue weighted by Crippen LogP contribution is 2.27. The first-order chi connectivity index (χ1) is 7.74. The Kier molecular flexibility index (Phi) is 4.20. The predicted molar refractivity (Wildman–Crippen MR) is 66.7 cm³/mol. The molecule has 1 saturated heterocycles. The van der Waals surface area contributed by atoms with E-state index >= 15 is 0 Å². The second-order valence-electron chi connectivity index (χ2n) is 5.59. The zero-order chi connectivity index (χ0) is 13.2. The third kappa shape index (κ3) is 3.73. The molecule has 0 N–H and O–H groups in total. The van der Waals surface area contributed by atoms with Crippen molar-refractivity contribution in [3.05, 3.63) is 12.2 Å². The highest BCUT2D eigenvalue weighted by molar-refractivity contribution is 5.69. The number of likely N-dealkylation sites (tertiary alicyclic amines) is 1. The van der Waals surface area contributed by atoms with E-state index in [1.807, 2.05) is 20.8 Å². The number of methoxy groups -OCH3 is 1. The third-order valence-electron chi connectivity index (χ3n) is 2.87. The first-order valence-electron chi connectivity index (χ1n) is 5.94. The number of carbonyl (C=O) groups is 1. The lowest BCUT2D eigenvalue weighted by molar-refractivity contribution is -0.0634. The predicted octanol–water partition coefficient (Wildman–Crippen LogP) is 2.79. The molecule has 1 aliphatic heterocycles. The van der Waals surface area contributed by atoms with Gasteiger partial charge < -0.3 is 9.47 Å². The number of nitrogens with zero attached hydrogens (tertiary/aromatic N) is 1. The number of rotatable bonds is 1. The summed E-state index contributed by atoms with van der Waals surface area (Å²) in [6, 6.07) is 0. The van der Waals surface area contributed by atoms with Gasteiger partial charge in [0, 0.05) is 13.7 Å². The molecule has 4 nitrogen and oxygen atoms in total. The zero-order valence-electron chi connectivity index (χ0n) is 11.4. The van der Waals surface area contributed by atoms with E-state index in [4.69, 9.17) is 9.47 Å². The summed E-state index contributed by atoms with van der Waals surface area (Å²) >= 11 is 0. The van der Waals surface area contributed by atoms with Crippen molar-refractivity contribution in [3.63, 3.8) is 0 Å². The van der Waals surface area contributed by atoms with Crippen molar-refractivity contribution in [3.8, 4) is 0 Å². The van der Waals surface area contributed by atoms with Crippen LogP contribution < -0.4 is 0 Å². The Bertz CT molecular complexity index is 306. The molecule has 2 unspecified atom stereocenters. The van der Waals surface area contributed by atoms with Crippen molar-refractivity contribution >= 4 is 6.09 Å². The summed E-state index contributed by atoms with van der Waals surface area (Å²) in [5.41, 5.74) is 0.559. The van der Waals surface area contributed by atoms with E-state index in [9.17, 15) is 4.79 Å². The van der Waals surface area contributed by atoms with Gasteiger partial charge in [-0.1, -0.05) is 19.1 Å². The van der Waals surface area contributed by atoms with Gasteiger partial charge in [-0.2, -0.15) is 0 Å². The summed E-state index contributed by atoms with van der Waals surface area (Å²) < 4.78 is 10.7. The third-order valence-corrected chi connectivity index (χ3v) is 2.87. The van der Waals surface area contributed by atoms with E-state index in [1.165, 1.54) is 0 Å². The van der Waals surface area contributed by atoms with Crippen molar-refractivity contribution in [2.45, 2.75) is 45.9 Å². The van der Waals surface area contributed by atoms with Crippen molar-refractivity contribution in [1.29, 1.82) is 0 Å². The standard InChI is InChI=1S/C13H23NO3/c1-9-7-11(16-6)14(8-10(9)2)12(15)17-13(3,4)5/h9,11H,2,7-8H2,1,3-6H3. The summed E-state index contributed by atoms with van der Waals surface area (Å²) in [6.07, 6.45) is 0.219. The van der Waals surface area contributed by atoms with Gasteiger partial charge in [-0.05, 0) is 33.1 Å². The molecule has 0 aromatic heterocycles. The van der Waals surface area contributed by atoms with E-state index in [2.05, 4.69) is 13.5 Å². The van der Waals surface area contributed by atoms with Gasteiger partial charge in [-0.15, -0.1) is 0 Å². The van der Waals surface area contributed by atoms with Crippen LogP contribution in [0.3, 0.4) is 0 Å². The second kappa shape index (κ2) is 5.08. The SMILES string of the molecule is C=C1CN(C(=O)OC(C)(C)C)C(OC)CC1C. The lowest BCUT2D eigenvalue weighted by Gasteiger charge is -2.39. The molecule has 1 amide bonds. The molecule has 0 saturated carbocycles. The van der Waals surface area contributed by atoms with Gasteiger partial charge in [0.1, 0.15) is 11.8 Å². The van der Waals surface area contributed by atoms with Crippen LogP contribution in [-0.4, -0.2) is 36.5 Å². The maximum absolute atomic E-state index is 12.0. The van der Waals surface area contributed by atoms with Gasteiger partial charge >= 0.3 is 6.09 Å². The molecule has 1 aliphatic rings. The van der Waals surface area contributed by atoms with Gasteiger partial charge in [0.2, 0.25) is 0 Å². The van der Waals surface area contributed by atoms with Crippen LogP contribution in [0.25, 0.3) is 0 Å². The van der Waals surface area contributed by atoms with Crippen LogP contribution in [0.5, 0.6) is 0 Å². The number of amides is 1. The van der Waals surface area contributed by atoms with E-state index in [0.717, 1.165) is 12.0 Å². The Balaban J connectivity index is 2.73. The topological polar surface area (TPSA) is 38.8 Å². The zero-order valence-corrected chi connectivity index (χ0v) is 11.4. The van der Waals surface area contributed by atoms with Crippen LogP contribution in [0, 0.1) is 5.92 Å². The maximum atomic E-state index is 12.0. The second-order valence-corrected chi connectivity index (χ2v) is 5.59. The Morgan fingerprint density at radius 1 is 1.47 bits per heavy atom. The van der Waals surface area contributed by atoms with Crippen LogP contribution in [0.4, 0.5) is 4.79 Å². The van der Waals surface area contributed by atoms with Crippen LogP contribution in [0.15, 0.2) is 12.2 Å². The summed E-state index contributed by atoms with van der Waals surface area (Å²) in [5.74, 6) is 0.374. The monoisotopic (exact) mass is 241 g/mol. The average Bonchev–Trinajstić information content (AvgIpc) is 2.18. The molecule has 1 rings (SSSR count). The number of carbonyl (C=O) groups excluding carboxylic acids is 1. The molecule has 0 radical (unpaired) electrons. The Hall–Kier alpha value is -1.03. The van der Waals surface area contributed by atoms with E-state index in [1.54, 1.807) is 12.0 Å². The fraction of sp³-hybridized carbons (Fsp3) is 0.769. The molecule has 0 bridgehead atoms. The van der Waals surface area contributed by atoms with Crippen molar-refractivity contribution in [1.82, 2.24) is 4.90 Å². The molecule has 17 heavy (non-hydrogen) atoms. The molecule has 2 atom stereocenters. The van der Waals surface area contributed by atoms with Crippen LogP contribution in [-0.2, 0) is 9.47 Å². The lowest BCUT2D eigenvalue weighted by Crippen LogP contribution is -2.49. The minimum Gasteiger partial charge on any atom is -0.444 e. The van der Waals surface area contributed by atoms with Crippen LogP contribution in [0.2, 0.25) is 0 Å². The molecule has 98 valence electrons. The summed E-state index contributed by atoms with van der Waals surface area (Å²) in [7, 11) is 1.61. The fourth-order valence-electron chi connectivity index (χ4n) is 1.80. The lowest BCUT2D eigenvalue weighted by atomic mass is 9.93. The highest BCUT2D eigenvalue weighted by atomic mass is 16.6. The van der Waals surface area contributed by atoms with Gasteiger partial charge in [0.05, 0.1) is 0 Å². The normalized spacial score (nSPS) is 25.9.